The molecule has 0 aliphatic heterocycles. The molecule has 0 saturated heterocycles. The van der Waals surface area contributed by atoms with Gasteiger partial charge in [-0.2, -0.15) is 0 Å². The van der Waals surface area contributed by atoms with Crippen molar-refractivity contribution in [2.45, 2.75) is 32.6 Å². The fraction of sp³-hybridized carbons (Fsp3) is 0.889. The first-order chi connectivity index (χ1) is 5.54. The minimum atomic E-state index is -0.597. The SMILES string of the molecule is CC(C)(C)OC(C(N)=O)[N+](C)(C)C. The van der Waals surface area contributed by atoms with Crippen molar-refractivity contribution in [1.82, 2.24) is 0 Å². The summed E-state index contributed by atoms with van der Waals surface area (Å²) in [6, 6.07) is 0. The van der Waals surface area contributed by atoms with Crippen molar-refractivity contribution in [3.05, 3.63) is 0 Å². The van der Waals surface area contributed by atoms with Crippen LogP contribution in [0.5, 0.6) is 0 Å². The minimum Gasteiger partial charge on any atom is -0.362 e. The van der Waals surface area contributed by atoms with Crippen LogP contribution in [-0.4, -0.2) is 43.4 Å². The number of amides is 1. The molecule has 1 atom stereocenters. The van der Waals surface area contributed by atoms with Crippen LogP contribution < -0.4 is 5.73 Å². The Balaban J connectivity index is 4.56. The van der Waals surface area contributed by atoms with Crippen molar-refractivity contribution < 1.29 is 14.0 Å². The van der Waals surface area contributed by atoms with Crippen LogP contribution in [0.4, 0.5) is 0 Å². The molecular formula is C9H21N2O2+. The molecule has 0 aromatic carbocycles. The predicted octanol–water partition coefficient (Wildman–Crippen LogP) is 0.319. The Morgan fingerprint density at radius 3 is 1.77 bits per heavy atom. The van der Waals surface area contributed by atoms with E-state index in [2.05, 4.69) is 0 Å². The van der Waals surface area contributed by atoms with Crippen molar-refractivity contribution in [2.75, 3.05) is 21.1 Å². The lowest BCUT2D eigenvalue weighted by Gasteiger charge is -2.35. The van der Waals surface area contributed by atoms with E-state index >= 15 is 0 Å². The second-order valence-corrected chi connectivity index (χ2v) is 5.10. The van der Waals surface area contributed by atoms with Crippen LogP contribution >= 0.6 is 0 Å². The molecule has 0 aliphatic carbocycles. The fourth-order valence-corrected chi connectivity index (χ4v) is 0.933. The zero-order valence-corrected chi connectivity index (χ0v) is 9.42. The molecular weight excluding hydrogens is 168 g/mol. The molecule has 0 aliphatic rings. The minimum absolute atomic E-state index is 0.356. The highest BCUT2D eigenvalue weighted by atomic mass is 16.5. The lowest BCUT2D eigenvalue weighted by Crippen LogP contribution is -2.56. The van der Waals surface area contributed by atoms with Crippen LogP contribution in [0.15, 0.2) is 0 Å². The normalized spacial score (nSPS) is 15.5. The number of primary amides is 1. The van der Waals surface area contributed by atoms with Gasteiger partial charge in [0, 0.05) is 0 Å². The average Bonchev–Trinajstić information content (AvgIpc) is 1.77. The molecule has 0 radical (unpaired) electrons. The van der Waals surface area contributed by atoms with Crippen LogP contribution in [0, 0.1) is 0 Å². The third-order valence-electron chi connectivity index (χ3n) is 1.41. The summed E-state index contributed by atoms with van der Waals surface area (Å²) in [6.45, 7) is 5.70. The Bertz CT molecular complexity index is 189. The molecule has 1 unspecified atom stereocenters. The largest absolute Gasteiger partial charge is 0.362 e. The van der Waals surface area contributed by atoms with Crippen molar-refractivity contribution in [1.29, 1.82) is 0 Å². The van der Waals surface area contributed by atoms with Gasteiger partial charge < -0.3 is 10.5 Å². The summed E-state index contributed by atoms with van der Waals surface area (Å²) in [7, 11) is 5.63. The van der Waals surface area contributed by atoms with E-state index in [1.54, 1.807) is 0 Å². The molecule has 13 heavy (non-hydrogen) atoms. The molecule has 78 valence electrons. The van der Waals surface area contributed by atoms with Crippen LogP contribution in [-0.2, 0) is 9.53 Å². The summed E-state index contributed by atoms with van der Waals surface area (Å²) in [6.07, 6.45) is -0.597. The third kappa shape index (κ3) is 4.85. The summed E-state index contributed by atoms with van der Waals surface area (Å²) in [4.78, 5) is 11.1. The van der Waals surface area contributed by atoms with Gasteiger partial charge in [-0.15, -0.1) is 0 Å². The van der Waals surface area contributed by atoms with Gasteiger partial charge in [0.05, 0.1) is 26.7 Å². The van der Waals surface area contributed by atoms with Crippen LogP contribution in [0.25, 0.3) is 0 Å². The van der Waals surface area contributed by atoms with Gasteiger partial charge in [-0.1, -0.05) is 0 Å². The Morgan fingerprint density at radius 2 is 1.69 bits per heavy atom. The Morgan fingerprint density at radius 1 is 1.31 bits per heavy atom. The number of rotatable bonds is 3. The number of nitrogens with two attached hydrogens (primary N) is 1. The summed E-state index contributed by atoms with van der Waals surface area (Å²) in [5.41, 5.74) is 4.89. The maximum absolute atomic E-state index is 11.1. The zero-order valence-electron chi connectivity index (χ0n) is 9.42. The highest BCUT2D eigenvalue weighted by Crippen LogP contribution is 2.15. The highest BCUT2D eigenvalue weighted by Gasteiger charge is 2.34. The first-order valence-corrected chi connectivity index (χ1v) is 4.32. The number of carbonyl (C=O) groups is 1. The number of ether oxygens (including phenoxy) is 1. The quantitative estimate of drug-likeness (QED) is 0.513. The Kier molecular flexibility index (Phi) is 3.47. The van der Waals surface area contributed by atoms with Gasteiger partial charge in [0.2, 0.25) is 0 Å². The van der Waals surface area contributed by atoms with E-state index in [0.717, 1.165) is 0 Å². The highest BCUT2D eigenvalue weighted by molar-refractivity contribution is 5.77. The van der Waals surface area contributed by atoms with Gasteiger partial charge in [0.25, 0.3) is 6.23 Å². The number of quaternary nitrogens is 1. The van der Waals surface area contributed by atoms with Gasteiger partial charge in [-0.05, 0) is 20.8 Å². The van der Waals surface area contributed by atoms with Gasteiger partial charge >= 0.3 is 5.91 Å². The maximum Gasteiger partial charge on any atom is 0.305 e. The smallest absolute Gasteiger partial charge is 0.305 e. The standard InChI is InChI=1S/C9H20N2O2/c1-9(2,3)13-8(7(10)12)11(4,5)6/h8H,1-6H3,(H-,10,12)/p+1. The van der Waals surface area contributed by atoms with Gasteiger partial charge in [0.15, 0.2) is 0 Å². The van der Waals surface area contributed by atoms with E-state index < -0.39 is 12.1 Å². The first-order valence-electron chi connectivity index (χ1n) is 4.32. The number of hydrogen-bond acceptors (Lipinski definition) is 2. The molecule has 0 aromatic heterocycles. The number of nitrogens with zero attached hydrogens (tertiary/aromatic N) is 1. The number of hydrogen-bond donors (Lipinski definition) is 1. The molecule has 0 bridgehead atoms. The molecule has 0 aromatic rings. The summed E-state index contributed by atoms with van der Waals surface area (Å²) < 4.78 is 5.94. The van der Waals surface area contributed by atoms with Gasteiger partial charge in [-0.25, -0.2) is 0 Å². The van der Waals surface area contributed by atoms with Crippen molar-refractivity contribution in [3.8, 4) is 0 Å². The molecule has 4 heteroatoms. The van der Waals surface area contributed by atoms with Gasteiger partial charge in [0.1, 0.15) is 0 Å². The zero-order chi connectivity index (χ0) is 10.9. The molecule has 0 heterocycles. The Hall–Kier alpha value is -0.610. The van der Waals surface area contributed by atoms with Gasteiger partial charge in [-0.3, -0.25) is 9.28 Å². The van der Waals surface area contributed by atoms with E-state index in [0.29, 0.717) is 4.48 Å². The molecule has 0 fully saturated rings. The maximum atomic E-state index is 11.1. The third-order valence-corrected chi connectivity index (χ3v) is 1.41. The summed E-state index contributed by atoms with van der Waals surface area (Å²) >= 11 is 0. The molecule has 0 saturated carbocycles. The average molecular weight is 189 g/mol. The van der Waals surface area contributed by atoms with E-state index in [9.17, 15) is 4.79 Å². The Labute approximate surface area is 80.2 Å². The molecule has 1 amide bonds. The second kappa shape index (κ2) is 3.64. The van der Waals surface area contributed by atoms with Crippen LogP contribution in [0.3, 0.4) is 0 Å². The van der Waals surface area contributed by atoms with Crippen molar-refractivity contribution in [2.24, 2.45) is 5.73 Å². The van der Waals surface area contributed by atoms with Crippen LogP contribution in [0.1, 0.15) is 20.8 Å². The van der Waals surface area contributed by atoms with Crippen LogP contribution in [0.2, 0.25) is 0 Å². The second-order valence-electron chi connectivity index (χ2n) is 5.10. The summed E-state index contributed by atoms with van der Waals surface area (Å²) in [5, 5.41) is 0. The van der Waals surface area contributed by atoms with Crippen molar-refractivity contribution >= 4 is 5.91 Å². The number of likely N-dealkylation sites (N-methyl/N-ethyl adjacent to an activating group) is 1. The number of carbonyl (C=O) groups excluding carboxylic acids is 1. The molecule has 4 nitrogen and oxygen atoms in total. The van der Waals surface area contributed by atoms with E-state index in [4.69, 9.17) is 10.5 Å². The van der Waals surface area contributed by atoms with Crippen molar-refractivity contribution in [3.63, 3.8) is 0 Å². The van der Waals surface area contributed by atoms with E-state index in [1.165, 1.54) is 0 Å². The predicted molar refractivity (Wildman–Crippen MR) is 51.9 cm³/mol. The summed E-state index contributed by atoms with van der Waals surface area (Å²) in [5.74, 6) is -0.428. The lowest BCUT2D eigenvalue weighted by molar-refractivity contribution is -0.910. The molecule has 0 spiro atoms. The fourth-order valence-electron chi connectivity index (χ4n) is 0.933. The van der Waals surface area contributed by atoms with E-state index in [1.807, 2.05) is 41.9 Å². The van der Waals surface area contributed by atoms with E-state index in [-0.39, 0.29) is 5.60 Å². The first kappa shape index (κ1) is 12.4. The molecule has 0 rings (SSSR count). The lowest BCUT2D eigenvalue weighted by atomic mass is 10.2. The monoisotopic (exact) mass is 189 g/mol. The molecule has 2 N–H and O–H groups in total. The topological polar surface area (TPSA) is 52.3 Å².